The average Bonchev–Trinajstić information content (AvgIpc) is 3.38. The zero-order valence-electron chi connectivity index (χ0n) is 24.9. The third-order valence-corrected chi connectivity index (χ3v) is 9.82. The first-order valence-corrected chi connectivity index (χ1v) is 16.4. The van der Waals surface area contributed by atoms with Crippen LogP contribution >= 0.6 is 0 Å². The zero-order chi connectivity index (χ0) is 30.6. The number of nitrogens with zero attached hydrogens (tertiary/aromatic N) is 2. The molecule has 0 saturated carbocycles. The van der Waals surface area contributed by atoms with E-state index in [0.717, 1.165) is 23.3 Å². The maximum atomic E-state index is 14.2. The highest BCUT2D eigenvalue weighted by atomic mass is 32.2. The number of rotatable bonds is 9. The number of aliphatic hydroxyl groups excluding tert-OH is 1. The first kappa shape index (κ1) is 30.7. The fourth-order valence-corrected chi connectivity index (χ4v) is 6.75. The van der Waals surface area contributed by atoms with E-state index in [1.807, 2.05) is 29.7 Å². The summed E-state index contributed by atoms with van der Waals surface area (Å²) < 4.78 is 44.8. The Morgan fingerprint density at radius 1 is 1.23 bits per heavy atom. The molecular formula is C33H38FN3O5S. The van der Waals surface area contributed by atoms with E-state index in [2.05, 4.69) is 41.3 Å². The Kier molecular flexibility index (Phi) is 9.49. The second-order valence-corrected chi connectivity index (χ2v) is 13.7. The molecule has 1 saturated heterocycles. The lowest BCUT2D eigenvalue weighted by atomic mass is 9.97. The van der Waals surface area contributed by atoms with Crippen molar-refractivity contribution in [2.45, 2.75) is 51.2 Å². The Bertz CT molecular complexity index is 1710. The molecule has 1 aliphatic heterocycles. The Balaban J connectivity index is 1.42. The molecule has 3 aromatic rings. The van der Waals surface area contributed by atoms with E-state index in [4.69, 9.17) is 14.2 Å². The maximum Gasteiger partial charge on any atom is 0.150 e. The van der Waals surface area contributed by atoms with Crippen LogP contribution in [0.15, 0.2) is 71.4 Å². The number of aliphatic hydroxyl groups is 1. The highest BCUT2D eigenvalue weighted by Gasteiger charge is 2.29. The maximum absolute atomic E-state index is 14.2. The number of hydrogen-bond acceptors (Lipinski definition) is 8. The van der Waals surface area contributed by atoms with Crippen molar-refractivity contribution in [3.63, 3.8) is 0 Å². The van der Waals surface area contributed by atoms with Crippen LogP contribution < -0.4 is 14.8 Å². The molecule has 8 nitrogen and oxygen atoms in total. The van der Waals surface area contributed by atoms with Crippen LogP contribution in [0.1, 0.15) is 44.6 Å². The van der Waals surface area contributed by atoms with Gasteiger partial charge in [-0.1, -0.05) is 30.7 Å². The number of aromatic nitrogens is 2. The number of halogens is 1. The Morgan fingerprint density at radius 3 is 2.84 bits per heavy atom. The van der Waals surface area contributed by atoms with Crippen LogP contribution in [0.25, 0.3) is 10.9 Å². The molecule has 10 heteroatoms. The first-order valence-electron chi connectivity index (χ1n) is 14.3. The molecular weight excluding hydrogens is 569 g/mol. The molecule has 4 unspecified atom stereocenters. The second-order valence-electron chi connectivity index (χ2n) is 11.1. The third kappa shape index (κ3) is 7.26. The molecule has 2 aromatic carbocycles. The number of nitrogens with one attached hydrogen (secondary N) is 1. The van der Waals surface area contributed by atoms with Crippen LogP contribution in [-0.2, 0) is 14.3 Å². The quantitative estimate of drug-likeness (QED) is 0.284. The lowest BCUT2D eigenvalue weighted by Crippen LogP contribution is -2.30. The first-order chi connectivity index (χ1) is 20.6. The van der Waals surface area contributed by atoms with Crippen molar-refractivity contribution in [1.29, 1.82) is 0 Å². The minimum atomic E-state index is -2.32. The highest BCUT2D eigenvalue weighted by Crippen LogP contribution is 2.37. The predicted molar refractivity (Wildman–Crippen MR) is 170 cm³/mol. The van der Waals surface area contributed by atoms with Gasteiger partial charge in [-0.05, 0) is 82.9 Å². The predicted octanol–water partition coefficient (Wildman–Crippen LogP) is 6.05. The van der Waals surface area contributed by atoms with Crippen molar-refractivity contribution < 1.29 is 27.9 Å². The molecule has 0 spiro atoms. The molecule has 4 atom stereocenters. The summed E-state index contributed by atoms with van der Waals surface area (Å²) >= 11 is 0. The molecule has 2 heterocycles. The number of fused-ring (bicyclic) bond motifs is 1. The van der Waals surface area contributed by atoms with Crippen LogP contribution in [-0.4, -0.2) is 63.4 Å². The van der Waals surface area contributed by atoms with Gasteiger partial charge in [0.2, 0.25) is 0 Å². The number of anilines is 2. The zero-order valence-corrected chi connectivity index (χ0v) is 25.7. The molecule has 1 aromatic heterocycles. The van der Waals surface area contributed by atoms with Gasteiger partial charge < -0.3 is 24.6 Å². The monoisotopic (exact) mass is 607 g/mol. The van der Waals surface area contributed by atoms with E-state index in [1.54, 1.807) is 19.4 Å². The van der Waals surface area contributed by atoms with Gasteiger partial charge in [0.25, 0.3) is 0 Å². The number of benzene rings is 2. The Labute approximate surface area is 252 Å². The van der Waals surface area contributed by atoms with Crippen LogP contribution in [0.5, 0.6) is 11.5 Å². The molecule has 43 heavy (non-hydrogen) atoms. The summed E-state index contributed by atoms with van der Waals surface area (Å²) in [6, 6.07) is 8.07. The molecule has 0 radical (unpaired) electrons. The number of methoxy groups -OCH3 is 1. The average molecular weight is 608 g/mol. The fraction of sp³-hybridized carbons (Fsp3) is 0.364. The van der Waals surface area contributed by atoms with E-state index < -0.39 is 27.5 Å². The van der Waals surface area contributed by atoms with Gasteiger partial charge in [0.1, 0.15) is 35.6 Å². The van der Waals surface area contributed by atoms with Crippen molar-refractivity contribution in [2.24, 2.45) is 0 Å². The van der Waals surface area contributed by atoms with Crippen LogP contribution in [0, 0.1) is 5.82 Å². The highest BCUT2D eigenvalue weighted by molar-refractivity contribution is 8.04. The molecule has 0 bridgehead atoms. The summed E-state index contributed by atoms with van der Waals surface area (Å²) in [5, 5.41) is 16.0. The van der Waals surface area contributed by atoms with E-state index in [9.17, 15) is 13.7 Å². The van der Waals surface area contributed by atoms with Crippen LogP contribution in [0.3, 0.4) is 0 Å². The Morgan fingerprint density at radius 2 is 2.07 bits per heavy atom. The van der Waals surface area contributed by atoms with Gasteiger partial charge in [0.15, 0.2) is 6.10 Å². The topological polar surface area (TPSA) is 103 Å². The van der Waals surface area contributed by atoms with Crippen molar-refractivity contribution in [3.05, 3.63) is 82.8 Å². The normalized spacial score (nSPS) is 20.8. The van der Waals surface area contributed by atoms with Crippen molar-refractivity contribution in [3.8, 4) is 11.5 Å². The minimum Gasteiger partial charge on any atom is -0.496 e. The van der Waals surface area contributed by atoms with Gasteiger partial charge in [-0.3, -0.25) is 4.21 Å². The van der Waals surface area contributed by atoms with Gasteiger partial charge >= 0.3 is 0 Å². The van der Waals surface area contributed by atoms with Gasteiger partial charge in [0, 0.05) is 17.2 Å². The number of hydrogen-bond donors (Lipinski definition) is 2. The summed E-state index contributed by atoms with van der Waals surface area (Å²) in [5.74, 6) is 0.819. The number of ether oxygens (including phenoxy) is 3. The molecule has 228 valence electrons. The van der Waals surface area contributed by atoms with Crippen LogP contribution in [0.2, 0.25) is 0 Å². The number of allylic oxidation sites excluding steroid dienone is 5. The van der Waals surface area contributed by atoms with Crippen molar-refractivity contribution in [1.82, 2.24) is 9.97 Å². The van der Waals surface area contributed by atoms with E-state index in [1.165, 1.54) is 24.0 Å². The second kappa shape index (κ2) is 13.3. The molecule has 1 aliphatic carbocycles. The smallest absolute Gasteiger partial charge is 0.150 e. The van der Waals surface area contributed by atoms with E-state index in [0.29, 0.717) is 34.6 Å². The fourth-order valence-electron chi connectivity index (χ4n) is 5.10. The van der Waals surface area contributed by atoms with Gasteiger partial charge in [0.05, 0.1) is 36.9 Å². The Hall–Kier alpha value is -3.73. The van der Waals surface area contributed by atoms with Gasteiger partial charge in [-0.25, -0.2) is 14.4 Å². The van der Waals surface area contributed by atoms with Crippen molar-refractivity contribution in [2.75, 3.05) is 31.9 Å². The summed E-state index contributed by atoms with van der Waals surface area (Å²) in [6.45, 7) is 4.56. The van der Waals surface area contributed by atoms with Crippen molar-refractivity contribution >= 4 is 37.3 Å². The van der Waals surface area contributed by atoms with Crippen LogP contribution in [0.4, 0.5) is 15.9 Å². The minimum absolute atomic E-state index is 0.0443. The summed E-state index contributed by atoms with van der Waals surface area (Å²) in [6.07, 6.45) is 12.4. The summed E-state index contributed by atoms with van der Waals surface area (Å²) in [4.78, 5) is 9.82. The largest absolute Gasteiger partial charge is 0.496 e. The van der Waals surface area contributed by atoms with Gasteiger partial charge in [-0.15, -0.1) is 0 Å². The molecule has 1 fully saturated rings. The summed E-state index contributed by atoms with van der Waals surface area (Å²) in [7, 11) is -0.735. The molecule has 5 rings (SSSR count). The lowest BCUT2D eigenvalue weighted by molar-refractivity contribution is 0.0736. The molecule has 2 N–H and O–H groups in total. The SMILES string of the molecule is COc1cc(C(C)CC=S(C)(=O)C2=CCCC(C)=CC=C2)cc2ncnc(Nc3ccc(F)cc3OC3COCC3O)c12. The molecule has 2 aliphatic rings. The lowest BCUT2D eigenvalue weighted by Gasteiger charge is -2.20. The molecule has 0 amide bonds. The van der Waals surface area contributed by atoms with Gasteiger partial charge in [-0.2, -0.15) is 0 Å². The third-order valence-electron chi connectivity index (χ3n) is 7.75. The summed E-state index contributed by atoms with van der Waals surface area (Å²) in [5.41, 5.74) is 3.43. The van der Waals surface area contributed by atoms with E-state index >= 15 is 0 Å². The van der Waals surface area contributed by atoms with E-state index in [-0.39, 0.29) is 24.9 Å². The standard InChI is InChI=1S/C33H38FN3O5S/c1-21-7-5-9-25(10-6-8-21)43(4,39)14-13-22(2)23-15-27-32(30(16-23)40-3)33(36-20-35-27)37-26-12-11-24(34)17-29(26)42-31-19-41-18-28(31)38/h5,7,9-12,14-17,20,22,28,31,38H,6,8,13,18-19H2,1-4H3,(H,35,36,37).